The number of benzene rings is 3. The van der Waals surface area contributed by atoms with Crippen molar-refractivity contribution in [3.05, 3.63) is 89.5 Å². The maximum Gasteiger partial charge on any atom is 0.264 e. The van der Waals surface area contributed by atoms with Crippen molar-refractivity contribution in [2.45, 2.75) is 25.7 Å². The van der Waals surface area contributed by atoms with Gasteiger partial charge in [0.15, 0.2) is 0 Å². The van der Waals surface area contributed by atoms with E-state index in [2.05, 4.69) is 5.32 Å². The van der Waals surface area contributed by atoms with Gasteiger partial charge in [-0.3, -0.25) is 9.10 Å². The minimum Gasteiger partial charge on any atom is -0.322 e. The number of carbonyl (C=O) groups excluding carboxylic acids is 1. The normalized spacial score (nSPS) is 11.1. The fourth-order valence-corrected chi connectivity index (χ4v) is 4.57. The number of hydrogen-bond acceptors (Lipinski definition) is 3. The van der Waals surface area contributed by atoms with Crippen LogP contribution >= 0.6 is 0 Å². The third-order valence-corrected chi connectivity index (χ3v) is 6.81. The molecule has 0 aromatic heterocycles. The molecule has 5 nitrogen and oxygen atoms in total. The van der Waals surface area contributed by atoms with Crippen molar-refractivity contribution >= 4 is 27.3 Å². The number of aryl methyl sites for hydroxylation is 1. The van der Waals surface area contributed by atoms with Gasteiger partial charge in [0, 0.05) is 17.8 Å². The van der Waals surface area contributed by atoms with E-state index in [4.69, 9.17) is 0 Å². The first kappa shape index (κ1) is 20.6. The zero-order chi connectivity index (χ0) is 21.0. The van der Waals surface area contributed by atoms with Crippen LogP contribution in [-0.4, -0.2) is 20.9 Å². The van der Waals surface area contributed by atoms with E-state index in [9.17, 15) is 13.2 Å². The van der Waals surface area contributed by atoms with Crippen LogP contribution in [-0.2, 0) is 10.0 Å². The molecule has 1 N–H and O–H groups in total. The molecule has 0 bridgehead atoms. The first-order valence-corrected chi connectivity index (χ1v) is 10.8. The highest BCUT2D eigenvalue weighted by Gasteiger charge is 2.23. The van der Waals surface area contributed by atoms with Gasteiger partial charge in [0.05, 0.1) is 10.6 Å². The molecule has 1 amide bonds. The predicted molar refractivity (Wildman–Crippen MR) is 117 cm³/mol. The standard InChI is InChI=1S/C23H24N2O3S/c1-4-25(29(27,28)21-10-6-5-7-11-21)20-15-13-19(14-16-20)23(26)24-22-12-8-9-17(2)18(22)3/h5-16H,4H2,1-3H3,(H,24,26). The van der Waals surface area contributed by atoms with Crippen molar-refractivity contribution < 1.29 is 13.2 Å². The second kappa shape index (κ2) is 8.49. The minimum absolute atomic E-state index is 0.235. The smallest absolute Gasteiger partial charge is 0.264 e. The van der Waals surface area contributed by atoms with E-state index in [1.165, 1.54) is 4.31 Å². The second-order valence-corrected chi connectivity index (χ2v) is 8.59. The lowest BCUT2D eigenvalue weighted by Gasteiger charge is -2.23. The summed E-state index contributed by atoms with van der Waals surface area (Å²) < 4.78 is 27.2. The van der Waals surface area contributed by atoms with Crippen molar-refractivity contribution in [2.24, 2.45) is 0 Å². The quantitative estimate of drug-likeness (QED) is 0.639. The van der Waals surface area contributed by atoms with Crippen molar-refractivity contribution in [3.8, 4) is 0 Å². The van der Waals surface area contributed by atoms with E-state index in [0.717, 1.165) is 16.8 Å². The van der Waals surface area contributed by atoms with Crippen molar-refractivity contribution in [1.29, 1.82) is 0 Å². The van der Waals surface area contributed by atoms with Gasteiger partial charge in [0.25, 0.3) is 15.9 Å². The summed E-state index contributed by atoms with van der Waals surface area (Å²) >= 11 is 0. The Morgan fingerprint density at radius 2 is 1.55 bits per heavy atom. The maximum absolute atomic E-state index is 12.9. The second-order valence-electron chi connectivity index (χ2n) is 6.73. The molecular weight excluding hydrogens is 384 g/mol. The van der Waals surface area contributed by atoms with Crippen LogP contribution in [0, 0.1) is 13.8 Å². The molecule has 0 spiro atoms. The van der Waals surface area contributed by atoms with Gasteiger partial charge in [-0.25, -0.2) is 8.42 Å². The third kappa shape index (κ3) is 4.32. The molecule has 29 heavy (non-hydrogen) atoms. The lowest BCUT2D eigenvalue weighted by molar-refractivity contribution is 0.102. The van der Waals surface area contributed by atoms with E-state index < -0.39 is 10.0 Å². The van der Waals surface area contributed by atoms with E-state index in [0.29, 0.717) is 11.3 Å². The minimum atomic E-state index is -3.66. The molecule has 0 fully saturated rings. The van der Waals surface area contributed by atoms with Crippen LogP contribution in [0.15, 0.2) is 77.7 Å². The van der Waals surface area contributed by atoms with Crippen LogP contribution in [0.3, 0.4) is 0 Å². The van der Waals surface area contributed by atoms with Crippen LogP contribution in [0.1, 0.15) is 28.4 Å². The molecule has 0 heterocycles. The Balaban J connectivity index is 1.83. The number of carbonyl (C=O) groups is 1. The van der Waals surface area contributed by atoms with Gasteiger partial charge in [-0.1, -0.05) is 30.3 Å². The van der Waals surface area contributed by atoms with Crippen LogP contribution in [0.2, 0.25) is 0 Å². The highest BCUT2D eigenvalue weighted by molar-refractivity contribution is 7.92. The molecule has 0 saturated carbocycles. The summed E-state index contributed by atoms with van der Waals surface area (Å²) in [6, 6.07) is 20.7. The number of hydrogen-bond donors (Lipinski definition) is 1. The third-order valence-electron chi connectivity index (χ3n) is 4.89. The van der Waals surface area contributed by atoms with Gasteiger partial charge in [0.2, 0.25) is 0 Å². The molecule has 3 aromatic rings. The number of amides is 1. The zero-order valence-electron chi connectivity index (χ0n) is 16.7. The summed E-state index contributed by atoms with van der Waals surface area (Å²) in [5, 5.41) is 2.92. The molecule has 0 saturated heterocycles. The molecule has 0 aliphatic heterocycles. The van der Waals surface area contributed by atoms with Gasteiger partial charge in [-0.05, 0) is 74.4 Å². The first-order valence-electron chi connectivity index (χ1n) is 9.40. The number of anilines is 2. The van der Waals surface area contributed by atoms with Crippen molar-refractivity contribution in [1.82, 2.24) is 0 Å². The number of sulfonamides is 1. The SMILES string of the molecule is CCN(c1ccc(C(=O)Nc2cccc(C)c2C)cc1)S(=O)(=O)c1ccccc1. The zero-order valence-corrected chi connectivity index (χ0v) is 17.5. The average Bonchev–Trinajstić information content (AvgIpc) is 2.73. The molecule has 6 heteroatoms. The molecule has 150 valence electrons. The van der Waals surface area contributed by atoms with Crippen molar-refractivity contribution in [2.75, 3.05) is 16.2 Å². The van der Waals surface area contributed by atoms with Crippen LogP contribution in [0.4, 0.5) is 11.4 Å². The van der Waals surface area contributed by atoms with Crippen LogP contribution in [0.25, 0.3) is 0 Å². The predicted octanol–water partition coefficient (Wildman–Crippen LogP) is 4.77. The maximum atomic E-state index is 12.9. The summed E-state index contributed by atoms with van der Waals surface area (Å²) in [5.41, 5.74) is 3.86. The number of nitrogens with one attached hydrogen (secondary N) is 1. The van der Waals surface area contributed by atoms with Crippen LogP contribution in [0.5, 0.6) is 0 Å². The van der Waals surface area contributed by atoms with E-state index in [1.807, 2.05) is 32.0 Å². The van der Waals surface area contributed by atoms with Gasteiger partial charge >= 0.3 is 0 Å². The summed E-state index contributed by atoms with van der Waals surface area (Å²) in [4.78, 5) is 12.8. The lowest BCUT2D eigenvalue weighted by atomic mass is 10.1. The summed E-state index contributed by atoms with van der Waals surface area (Å²) in [6.07, 6.45) is 0. The van der Waals surface area contributed by atoms with Crippen LogP contribution < -0.4 is 9.62 Å². The van der Waals surface area contributed by atoms with Gasteiger partial charge in [-0.15, -0.1) is 0 Å². The Hall–Kier alpha value is -3.12. The van der Waals surface area contributed by atoms with Gasteiger partial charge in [-0.2, -0.15) is 0 Å². The molecule has 3 aromatic carbocycles. The van der Waals surface area contributed by atoms with Gasteiger partial charge in [0.1, 0.15) is 0 Å². The monoisotopic (exact) mass is 408 g/mol. The Morgan fingerprint density at radius 1 is 0.897 bits per heavy atom. The fourth-order valence-electron chi connectivity index (χ4n) is 3.07. The van der Waals surface area contributed by atoms with Crippen molar-refractivity contribution in [3.63, 3.8) is 0 Å². The van der Waals surface area contributed by atoms with E-state index in [1.54, 1.807) is 61.5 Å². The topological polar surface area (TPSA) is 66.5 Å². The molecule has 0 atom stereocenters. The lowest BCUT2D eigenvalue weighted by Crippen LogP contribution is -2.30. The summed E-state index contributed by atoms with van der Waals surface area (Å²) in [6.45, 7) is 6.01. The largest absolute Gasteiger partial charge is 0.322 e. The summed E-state index contributed by atoms with van der Waals surface area (Å²) in [7, 11) is -3.66. The molecular formula is C23H24N2O3S. The molecule has 3 rings (SSSR count). The van der Waals surface area contributed by atoms with Gasteiger partial charge < -0.3 is 5.32 Å². The van der Waals surface area contributed by atoms with E-state index in [-0.39, 0.29) is 17.3 Å². The molecule has 0 unspecified atom stereocenters. The fraction of sp³-hybridized carbons (Fsp3) is 0.174. The number of nitrogens with zero attached hydrogens (tertiary/aromatic N) is 1. The molecule has 0 aliphatic rings. The summed E-state index contributed by atoms with van der Waals surface area (Å²) in [5.74, 6) is -0.237. The highest BCUT2D eigenvalue weighted by atomic mass is 32.2. The highest BCUT2D eigenvalue weighted by Crippen LogP contribution is 2.24. The molecule has 0 aliphatic carbocycles. The molecule has 0 radical (unpaired) electrons. The Kier molecular flexibility index (Phi) is 6.03. The van der Waals surface area contributed by atoms with E-state index >= 15 is 0 Å². The Labute approximate surface area is 172 Å². The Bertz CT molecular complexity index is 1110. The Morgan fingerprint density at radius 3 is 2.17 bits per heavy atom. The number of rotatable bonds is 6. The first-order chi connectivity index (χ1) is 13.8. The average molecular weight is 409 g/mol.